The molecule has 2 atom stereocenters. The Bertz CT molecular complexity index is 422. The molecule has 1 saturated heterocycles. The summed E-state index contributed by atoms with van der Waals surface area (Å²) in [6, 6.07) is 10.2. The molecule has 1 fully saturated rings. The summed E-state index contributed by atoms with van der Waals surface area (Å²) in [7, 11) is 0. The van der Waals surface area contributed by atoms with E-state index in [2.05, 4.69) is 31.7 Å². The Morgan fingerprint density at radius 2 is 2.16 bits per heavy atom. The Kier molecular flexibility index (Phi) is 5.37. The topological polar surface area (TPSA) is 18.5 Å². The summed E-state index contributed by atoms with van der Waals surface area (Å²) in [4.78, 5) is 0. The van der Waals surface area contributed by atoms with Crippen LogP contribution in [0.2, 0.25) is 0 Å². The second kappa shape index (κ2) is 7.27. The lowest BCUT2D eigenvalue weighted by molar-refractivity contribution is 0.0424. The van der Waals surface area contributed by atoms with Crippen molar-refractivity contribution in [2.24, 2.45) is 5.92 Å². The smallest absolute Gasteiger partial charge is 0.0794 e. The van der Waals surface area contributed by atoms with E-state index in [1.807, 2.05) is 24.3 Å². The maximum atomic E-state index is 5.72. The second-order valence-corrected chi connectivity index (χ2v) is 5.06. The van der Waals surface area contributed by atoms with Crippen LogP contribution in [0.25, 0.3) is 0 Å². The molecule has 1 aliphatic rings. The van der Waals surface area contributed by atoms with Crippen LogP contribution in [0.15, 0.2) is 54.6 Å². The molecule has 0 aromatic heterocycles. The molecule has 19 heavy (non-hydrogen) atoms. The minimum absolute atomic E-state index is 0.170. The summed E-state index contributed by atoms with van der Waals surface area (Å²) >= 11 is 0. The van der Waals surface area contributed by atoms with E-state index in [-0.39, 0.29) is 6.10 Å². The Hall–Kier alpha value is -1.38. The van der Waals surface area contributed by atoms with Gasteiger partial charge in [0, 0.05) is 5.92 Å². The SMILES string of the molecule is C=C1C[C@@H](/C=C/COCc2ccccc2)OC[C@H]1C. The van der Waals surface area contributed by atoms with Crippen molar-refractivity contribution >= 4 is 0 Å². The van der Waals surface area contributed by atoms with Crippen LogP contribution in [0, 0.1) is 5.92 Å². The fourth-order valence-corrected chi connectivity index (χ4v) is 2.05. The first-order valence-corrected chi connectivity index (χ1v) is 6.83. The zero-order valence-corrected chi connectivity index (χ0v) is 11.5. The van der Waals surface area contributed by atoms with E-state index in [4.69, 9.17) is 9.47 Å². The van der Waals surface area contributed by atoms with Gasteiger partial charge in [0.2, 0.25) is 0 Å². The largest absolute Gasteiger partial charge is 0.373 e. The van der Waals surface area contributed by atoms with Crippen molar-refractivity contribution in [1.82, 2.24) is 0 Å². The van der Waals surface area contributed by atoms with E-state index in [0.717, 1.165) is 13.0 Å². The maximum Gasteiger partial charge on any atom is 0.0794 e. The highest BCUT2D eigenvalue weighted by Gasteiger charge is 2.19. The Balaban J connectivity index is 1.65. The summed E-state index contributed by atoms with van der Waals surface area (Å²) in [6.45, 7) is 8.29. The molecule has 0 bridgehead atoms. The highest BCUT2D eigenvalue weighted by atomic mass is 16.5. The second-order valence-electron chi connectivity index (χ2n) is 5.06. The molecule has 2 nitrogen and oxygen atoms in total. The lowest BCUT2D eigenvalue weighted by atomic mass is 9.95. The summed E-state index contributed by atoms with van der Waals surface area (Å²) in [5.41, 5.74) is 2.48. The van der Waals surface area contributed by atoms with Crippen LogP contribution in [0.5, 0.6) is 0 Å². The number of ether oxygens (including phenoxy) is 2. The van der Waals surface area contributed by atoms with E-state index in [0.29, 0.717) is 19.1 Å². The molecule has 2 rings (SSSR count). The van der Waals surface area contributed by atoms with E-state index >= 15 is 0 Å². The van der Waals surface area contributed by atoms with Gasteiger partial charge in [-0.2, -0.15) is 0 Å². The minimum Gasteiger partial charge on any atom is -0.373 e. The highest BCUT2D eigenvalue weighted by Crippen LogP contribution is 2.23. The molecule has 1 heterocycles. The summed E-state index contributed by atoms with van der Waals surface area (Å²) in [5.74, 6) is 0.485. The van der Waals surface area contributed by atoms with Crippen molar-refractivity contribution in [3.05, 3.63) is 60.2 Å². The monoisotopic (exact) mass is 258 g/mol. The van der Waals surface area contributed by atoms with Gasteiger partial charge in [0.05, 0.1) is 25.9 Å². The predicted molar refractivity (Wildman–Crippen MR) is 77.9 cm³/mol. The van der Waals surface area contributed by atoms with Crippen LogP contribution >= 0.6 is 0 Å². The maximum absolute atomic E-state index is 5.72. The number of hydrogen-bond acceptors (Lipinski definition) is 2. The molecule has 1 aromatic carbocycles. The van der Waals surface area contributed by atoms with Crippen LogP contribution in [0.4, 0.5) is 0 Å². The van der Waals surface area contributed by atoms with Gasteiger partial charge in [-0.15, -0.1) is 0 Å². The molecule has 1 aliphatic heterocycles. The lowest BCUT2D eigenvalue weighted by Crippen LogP contribution is -2.24. The van der Waals surface area contributed by atoms with E-state index in [1.165, 1.54) is 11.1 Å². The number of benzene rings is 1. The summed E-state index contributed by atoms with van der Waals surface area (Å²) < 4.78 is 11.3. The first-order valence-electron chi connectivity index (χ1n) is 6.83. The van der Waals surface area contributed by atoms with Crippen molar-refractivity contribution in [2.45, 2.75) is 26.1 Å². The van der Waals surface area contributed by atoms with Gasteiger partial charge >= 0.3 is 0 Å². The van der Waals surface area contributed by atoms with Gasteiger partial charge < -0.3 is 9.47 Å². The normalized spacial score (nSPS) is 23.9. The van der Waals surface area contributed by atoms with Crippen LogP contribution in [0.1, 0.15) is 18.9 Å². The van der Waals surface area contributed by atoms with Crippen molar-refractivity contribution in [1.29, 1.82) is 0 Å². The molecular formula is C17H22O2. The van der Waals surface area contributed by atoms with Gasteiger partial charge in [0.25, 0.3) is 0 Å². The van der Waals surface area contributed by atoms with Crippen LogP contribution in [0.3, 0.4) is 0 Å². The number of rotatable bonds is 5. The predicted octanol–water partition coefficient (Wildman–Crippen LogP) is 3.74. The average molecular weight is 258 g/mol. The van der Waals surface area contributed by atoms with Gasteiger partial charge in [-0.3, -0.25) is 0 Å². The van der Waals surface area contributed by atoms with Gasteiger partial charge in [-0.05, 0) is 12.0 Å². The molecule has 0 aliphatic carbocycles. The van der Waals surface area contributed by atoms with Gasteiger partial charge in [0.1, 0.15) is 0 Å². The van der Waals surface area contributed by atoms with E-state index in [1.54, 1.807) is 0 Å². The molecule has 102 valence electrons. The van der Waals surface area contributed by atoms with Crippen molar-refractivity contribution in [2.75, 3.05) is 13.2 Å². The third-order valence-electron chi connectivity index (χ3n) is 3.40. The van der Waals surface area contributed by atoms with Crippen molar-refractivity contribution in [3.63, 3.8) is 0 Å². The van der Waals surface area contributed by atoms with Crippen molar-refractivity contribution in [3.8, 4) is 0 Å². The fourth-order valence-electron chi connectivity index (χ4n) is 2.05. The van der Waals surface area contributed by atoms with Crippen LogP contribution in [-0.4, -0.2) is 19.3 Å². The Labute approximate surface area is 115 Å². The third kappa shape index (κ3) is 4.66. The third-order valence-corrected chi connectivity index (χ3v) is 3.40. The van der Waals surface area contributed by atoms with Gasteiger partial charge in [-0.1, -0.05) is 61.6 Å². The first-order chi connectivity index (χ1) is 9.25. The van der Waals surface area contributed by atoms with E-state index < -0.39 is 0 Å². The molecule has 0 saturated carbocycles. The first kappa shape index (κ1) is 14.0. The molecule has 0 unspecified atom stereocenters. The molecule has 0 amide bonds. The summed E-state index contributed by atoms with van der Waals surface area (Å²) in [6.07, 6.45) is 5.22. The fraction of sp³-hybridized carbons (Fsp3) is 0.412. The molecular weight excluding hydrogens is 236 g/mol. The van der Waals surface area contributed by atoms with Gasteiger partial charge in [-0.25, -0.2) is 0 Å². The summed E-state index contributed by atoms with van der Waals surface area (Å²) in [5, 5.41) is 0. The van der Waals surface area contributed by atoms with Crippen LogP contribution < -0.4 is 0 Å². The minimum atomic E-state index is 0.170. The molecule has 0 spiro atoms. The highest BCUT2D eigenvalue weighted by molar-refractivity contribution is 5.13. The Morgan fingerprint density at radius 3 is 2.89 bits per heavy atom. The molecule has 1 aromatic rings. The molecule has 2 heteroatoms. The average Bonchev–Trinajstić information content (AvgIpc) is 2.43. The standard InChI is InChI=1S/C17H22O2/c1-14-11-17(19-12-15(14)2)9-6-10-18-13-16-7-4-3-5-8-16/h3-9,15,17H,1,10-13H2,2H3/b9-6+/t15-,17-/m1/s1. The van der Waals surface area contributed by atoms with Crippen molar-refractivity contribution < 1.29 is 9.47 Å². The Morgan fingerprint density at radius 1 is 1.37 bits per heavy atom. The number of hydrogen-bond donors (Lipinski definition) is 0. The molecule has 0 N–H and O–H groups in total. The quantitative estimate of drug-likeness (QED) is 0.591. The molecule has 0 radical (unpaired) electrons. The zero-order chi connectivity index (χ0) is 13.5. The van der Waals surface area contributed by atoms with Gasteiger partial charge in [0.15, 0.2) is 0 Å². The lowest BCUT2D eigenvalue weighted by Gasteiger charge is -2.27. The van der Waals surface area contributed by atoms with Crippen LogP contribution in [-0.2, 0) is 16.1 Å². The van der Waals surface area contributed by atoms with E-state index in [9.17, 15) is 0 Å². The zero-order valence-electron chi connectivity index (χ0n) is 11.5.